The van der Waals surface area contributed by atoms with Gasteiger partial charge in [0.05, 0.1) is 18.0 Å². The third-order valence-electron chi connectivity index (χ3n) is 5.43. The van der Waals surface area contributed by atoms with E-state index in [-0.39, 0.29) is 23.6 Å². The maximum Gasteiger partial charge on any atom is 0.261 e. The molecule has 0 saturated heterocycles. The second-order valence-corrected chi connectivity index (χ2v) is 7.64. The van der Waals surface area contributed by atoms with Crippen LogP contribution in [0, 0.1) is 13.8 Å². The van der Waals surface area contributed by atoms with Crippen molar-refractivity contribution in [1.29, 1.82) is 0 Å². The van der Waals surface area contributed by atoms with Gasteiger partial charge < -0.3 is 14.8 Å². The molecule has 0 atom stereocenters. The van der Waals surface area contributed by atoms with Crippen LogP contribution in [0.2, 0.25) is 0 Å². The van der Waals surface area contributed by atoms with Gasteiger partial charge in [0.2, 0.25) is 5.55 Å². The van der Waals surface area contributed by atoms with Gasteiger partial charge in [-0.3, -0.25) is 9.78 Å². The highest BCUT2D eigenvalue weighted by atomic mass is 16.3. The van der Waals surface area contributed by atoms with Crippen LogP contribution in [0.25, 0.3) is 11.0 Å². The fraction of sp³-hybridized carbons (Fsp3) is 0.192. The SMILES string of the molecule is CCc1ccc(N=c2oc3c(C)ncc(CO)c3cc2C(=O)Nc2ccccc2C)cc1. The van der Waals surface area contributed by atoms with Crippen molar-refractivity contribution in [2.45, 2.75) is 33.8 Å². The number of nitrogens with one attached hydrogen (secondary N) is 1. The minimum absolute atomic E-state index is 0.188. The number of hydrogen-bond acceptors (Lipinski definition) is 5. The Morgan fingerprint density at radius 1 is 1.12 bits per heavy atom. The van der Waals surface area contributed by atoms with E-state index in [2.05, 4.69) is 22.2 Å². The molecule has 32 heavy (non-hydrogen) atoms. The zero-order valence-corrected chi connectivity index (χ0v) is 18.3. The molecular formula is C26H25N3O3. The normalized spacial score (nSPS) is 11.7. The van der Waals surface area contributed by atoms with Gasteiger partial charge in [-0.15, -0.1) is 0 Å². The molecule has 0 aliphatic carbocycles. The topological polar surface area (TPSA) is 87.7 Å². The smallest absolute Gasteiger partial charge is 0.261 e. The molecule has 4 rings (SSSR count). The monoisotopic (exact) mass is 427 g/mol. The van der Waals surface area contributed by atoms with Crippen LogP contribution in [-0.4, -0.2) is 16.0 Å². The summed E-state index contributed by atoms with van der Waals surface area (Å²) in [4.78, 5) is 22.2. The highest BCUT2D eigenvalue weighted by Gasteiger charge is 2.17. The first-order valence-electron chi connectivity index (χ1n) is 10.5. The second-order valence-electron chi connectivity index (χ2n) is 7.64. The zero-order chi connectivity index (χ0) is 22.7. The summed E-state index contributed by atoms with van der Waals surface area (Å²) in [6, 6.07) is 17.1. The van der Waals surface area contributed by atoms with Crippen molar-refractivity contribution in [2.75, 3.05) is 5.32 Å². The lowest BCUT2D eigenvalue weighted by molar-refractivity contribution is 0.102. The number of aryl methyl sites for hydroxylation is 3. The van der Waals surface area contributed by atoms with Crippen molar-refractivity contribution in [1.82, 2.24) is 4.98 Å². The molecule has 0 unspecified atom stereocenters. The van der Waals surface area contributed by atoms with E-state index in [0.717, 1.165) is 12.0 Å². The lowest BCUT2D eigenvalue weighted by Crippen LogP contribution is -2.22. The molecule has 0 radical (unpaired) electrons. The Balaban J connectivity index is 1.91. The van der Waals surface area contributed by atoms with Gasteiger partial charge >= 0.3 is 0 Å². The van der Waals surface area contributed by atoms with Crippen LogP contribution in [-0.2, 0) is 13.0 Å². The van der Waals surface area contributed by atoms with Crippen molar-refractivity contribution in [3.63, 3.8) is 0 Å². The second kappa shape index (κ2) is 9.16. The number of rotatable bonds is 5. The standard InChI is InChI=1S/C26H25N3O3/c1-4-18-9-11-20(12-10-18)28-26-22(25(31)29-23-8-6-5-7-16(23)2)13-21-19(15-30)14-27-17(3)24(21)32-26/h5-14,30H,4,15H2,1-3H3,(H,29,31). The molecular weight excluding hydrogens is 402 g/mol. The van der Waals surface area contributed by atoms with Crippen molar-refractivity contribution >= 4 is 28.3 Å². The van der Waals surface area contributed by atoms with Gasteiger partial charge in [0.1, 0.15) is 5.56 Å². The Morgan fingerprint density at radius 2 is 1.88 bits per heavy atom. The quantitative estimate of drug-likeness (QED) is 0.470. The van der Waals surface area contributed by atoms with E-state index < -0.39 is 0 Å². The van der Waals surface area contributed by atoms with Crippen LogP contribution in [0.3, 0.4) is 0 Å². The highest BCUT2D eigenvalue weighted by Crippen LogP contribution is 2.22. The minimum Gasteiger partial charge on any atom is -0.436 e. The molecule has 4 aromatic rings. The first kappa shape index (κ1) is 21.5. The lowest BCUT2D eigenvalue weighted by Gasteiger charge is -2.11. The van der Waals surface area contributed by atoms with Crippen LogP contribution in [0.1, 0.15) is 39.7 Å². The van der Waals surface area contributed by atoms with E-state index in [9.17, 15) is 9.90 Å². The van der Waals surface area contributed by atoms with Crippen molar-refractivity contribution in [2.24, 2.45) is 4.99 Å². The summed E-state index contributed by atoms with van der Waals surface area (Å²) in [5.74, 6) is -0.341. The van der Waals surface area contributed by atoms with Gasteiger partial charge in [0.15, 0.2) is 5.58 Å². The van der Waals surface area contributed by atoms with Crippen LogP contribution < -0.4 is 10.9 Å². The number of aliphatic hydroxyl groups is 1. The van der Waals surface area contributed by atoms with Gasteiger partial charge in [-0.1, -0.05) is 37.3 Å². The molecule has 6 nitrogen and oxygen atoms in total. The largest absolute Gasteiger partial charge is 0.436 e. The molecule has 2 aromatic heterocycles. The fourth-order valence-corrected chi connectivity index (χ4v) is 3.49. The Hall–Kier alpha value is -3.77. The third-order valence-corrected chi connectivity index (χ3v) is 5.43. The van der Waals surface area contributed by atoms with Gasteiger partial charge in [0.25, 0.3) is 5.91 Å². The van der Waals surface area contributed by atoms with Crippen LogP contribution in [0.4, 0.5) is 11.4 Å². The van der Waals surface area contributed by atoms with Gasteiger partial charge in [-0.2, -0.15) is 0 Å². The van der Waals surface area contributed by atoms with Crippen LogP contribution >= 0.6 is 0 Å². The first-order chi connectivity index (χ1) is 15.5. The van der Waals surface area contributed by atoms with Gasteiger partial charge in [-0.25, -0.2) is 4.99 Å². The molecule has 1 amide bonds. The number of amides is 1. The molecule has 2 aromatic carbocycles. The lowest BCUT2D eigenvalue weighted by atomic mass is 10.1. The van der Waals surface area contributed by atoms with E-state index in [0.29, 0.717) is 33.6 Å². The molecule has 0 fully saturated rings. The summed E-state index contributed by atoms with van der Waals surface area (Å²) in [5, 5.41) is 13.4. The van der Waals surface area contributed by atoms with Crippen molar-refractivity contribution in [3.8, 4) is 0 Å². The fourth-order valence-electron chi connectivity index (χ4n) is 3.49. The molecule has 0 aliphatic heterocycles. The minimum atomic E-state index is -0.341. The molecule has 6 heteroatoms. The number of aliphatic hydroxyl groups excluding tert-OH is 1. The maximum atomic E-state index is 13.3. The average Bonchev–Trinajstić information content (AvgIpc) is 2.81. The van der Waals surface area contributed by atoms with E-state index >= 15 is 0 Å². The Kier molecular flexibility index (Phi) is 6.14. The summed E-state index contributed by atoms with van der Waals surface area (Å²) in [5.41, 5.74) is 5.73. The summed E-state index contributed by atoms with van der Waals surface area (Å²) >= 11 is 0. The molecule has 162 valence electrons. The number of nitrogens with zero attached hydrogens (tertiary/aromatic N) is 2. The first-order valence-corrected chi connectivity index (χ1v) is 10.5. The molecule has 0 bridgehead atoms. The molecule has 0 aliphatic rings. The molecule has 0 spiro atoms. The summed E-state index contributed by atoms with van der Waals surface area (Å²) in [7, 11) is 0. The van der Waals surface area contributed by atoms with Gasteiger partial charge in [-0.05, 0) is 55.7 Å². The number of carbonyl (C=O) groups is 1. The Labute approximate surface area is 186 Å². The van der Waals surface area contributed by atoms with E-state index in [4.69, 9.17) is 4.42 Å². The number of para-hydroxylation sites is 1. The number of anilines is 1. The molecule has 0 saturated carbocycles. The third kappa shape index (κ3) is 4.31. The van der Waals surface area contributed by atoms with Crippen LogP contribution in [0.5, 0.6) is 0 Å². The number of aromatic nitrogens is 1. The maximum absolute atomic E-state index is 13.3. The highest BCUT2D eigenvalue weighted by molar-refractivity contribution is 6.06. The van der Waals surface area contributed by atoms with Gasteiger partial charge in [0, 0.05) is 22.8 Å². The number of hydrogen-bond donors (Lipinski definition) is 2. The zero-order valence-electron chi connectivity index (χ0n) is 18.3. The number of pyridine rings is 1. The number of benzene rings is 2. The van der Waals surface area contributed by atoms with Crippen LogP contribution in [0.15, 0.2) is 70.2 Å². The van der Waals surface area contributed by atoms with E-state index in [1.165, 1.54) is 5.56 Å². The average molecular weight is 428 g/mol. The summed E-state index contributed by atoms with van der Waals surface area (Å²) < 4.78 is 6.11. The predicted molar refractivity (Wildman–Crippen MR) is 125 cm³/mol. The Bertz CT molecular complexity index is 1360. The molecule has 2 N–H and O–H groups in total. The summed E-state index contributed by atoms with van der Waals surface area (Å²) in [6.07, 6.45) is 2.52. The summed E-state index contributed by atoms with van der Waals surface area (Å²) in [6.45, 7) is 5.63. The van der Waals surface area contributed by atoms with E-state index in [1.807, 2.05) is 62.4 Å². The predicted octanol–water partition coefficient (Wildman–Crippen LogP) is 4.98. The molecule has 2 heterocycles. The number of carbonyl (C=O) groups excluding carboxylic acids is 1. The number of fused-ring (bicyclic) bond motifs is 1. The van der Waals surface area contributed by atoms with E-state index in [1.54, 1.807) is 12.3 Å². The van der Waals surface area contributed by atoms with Crippen molar-refractivity contribution in [3.05, 3.63) is 94.3 Å². The van der Waals surface area contributed by atoms with Crippen molar-refractivity contribution < 1.29 is 14.3 Å². The Morgan fingerprint density at radius 3 is 2.56 bits per heavy atom.